The molecule has 214 valence electrons. The zero-order valence-corrected chi connectivity index (χ0v) is 27.8. The molecule has 0 unspecified atom stereocenters. The third-order valence-electron chi connectivity index (χ3n) is 5.89. The SMILES string of the molecule is CCN(CC)c1nc(N/N=C/c2cc(Br)cc(Br)c2OCc2ccc(Cl)cc2Cl)nc(Nc2ccc(C)c(Cl)c2)n1. The Kier molecular flexibility index (Phi) is 11.1. The summed E-state index contributed by atoms with van der Waals surface area (Å²) in [6, 6.07) is 14.7. The van der Waals surface area contributed by atoms with E-state index in [1.54, 1.807) is 18.3 Å². The van der Waals surface area contributed by atoms with Crippen molar-refractivity contribution >= 4 is 96.4 Å². The summed E-state index contributed by atoms with van der Waals surface area (Å²) in [5, 5.41) is 9.35. The summed E-state index contributed by atoms with van der Waals surface area (Å²) in [4.78, 5) is 15.7. The fourth-order valence-electron chi connectivity index (χ4n) is 3.69. The van der Waals surface area contributed by atoms with Crippen LogP contribution >= 0.6 is 66.7 Å². The van der Waals surface area contributed by atoms with E-state index in [4.69, 9.17) is 39.5 Å². The highest BCUT2D eigenvalue weighted by Crippen LogP contribution is 2.33. The van der Waals surface area contributed by atoms with E-state index in [2.05, 4.69) is 62.7 Å². The van der Waals surface area contributed by atoms with Gasteiger partial charge < -0.3 is 15.0 Å². The van der Waals surface area contributed by atoms with E-state index < -0.39 is 0 Å². The van der Waals surface area contributed by atoms with Gasteiger partial charge in [0.1, 0.15) is 12.4 Å². The first kappa shape index (κ1) is 31.3. The number of nitrogens with zero attached hydrogens (tertiary/aromatic N) is 5. The second-order valence-corrected chi connectivity index (χ2v) is 11.8. The summed E-state index contributed by atoms with van der Waals surface area (Å²) in [6.07, 6.45) is 1.63. The van der Waals surface area contributed by atoms with Crippen LogP contribution < -0.4 is 20.4 Å². The molecule has 0 spiro atoms. The molecule has 41 heavy (non-hydrogen) atoms. The van der Waals surface area contributed by atoms with Gasteiger partial charge in [-0.15, -0.1) is 0 Å². The molecule has 0 radical (unpaired) electrons. The van der Waals surface area contributed by atoms with Crippen molar-refractivity contribution in [2.75, 3.05) is 28.7 Å². The Bertz CT molecular complexity index is 1570. The van der Waals surface area contributed by atoms with Crippen molar-refractivity contribution < 1.29 is 4.74 Å². The van der Waals surface area contributed by atoms with Crippen molar-refractivity contribution in [1.82, 2.24) is 15.0 Å². The third-order valence-corrected chi connectivity index (χ3v) is 7.93. The maximum atomic E-state index is 6.33. The second-order valence-electron chi connectivity index (χ2n) is 8.74. The maximum Gasteiger partial charge on any atom is 0.250 e. The molecule has 0 amide bonds. The standard InChI is InChI=1S/C28H26Br2Cl3N7O/c1-4-40(5-2)28-37-26(35-21-9-6-16(3)23(32)13-21)36-27(38-28)39-34-14-18-10-19(29)11-22(30)25(18)41-15-17-7-8-20(31)12-24(17)33/h6-14H,4-5,15H2,1-3H3,(H2,35,36,37,38,39)/b34-14+. The summed E-state index contributed by atoms with van der Waals surface area (Å²) in [6.45, 7) is 7.71. The van der Waals surface area contributed by atoms with E-state index in [-0.39, 0.29) is 12.6 Å². The molecule has 4 rings (SSSR count). The Balaban J connectivity index is 1.59. The molecule has 13 heteroatoms. The molecule has 0 aliphatic rings. The van der Waals surface area contributed by atoms with Gasteiger partial charge in [-0.1, -0.05) is 62.9 Å². The van der Waals surface area contributed by atoms with Crippen LogP contribution in [0.25, 0.3) is 0 Å². The number of hydrazone groups is 1. The van der Waals surface area contributed by atoms with Crippen molar-refractivity contribution in [2.45, 2.75) is 27.4 Å². The third kappa shape index (κ3) is 8.45. The molecule has 0 aliphatic carbocycles. The smallest absolute Gasteiger partial charge is 0.250 e. The van der Waals surface area contributed by atoms with Crippen LogP contribution in [-0.2, 0) is 6.61 Å². The molecule has 0 saturated carbocycles. The fraction of sp³-hybridized carbons (Fsp3) is 0.214. The van der Waals surface area contributed by atoms with E-state index in [0.29, 0.717) is 38.3 Å². The maximum absolute atomic E-state index is 6.33. The molecule has 8 nitrogen and oxygen atoms in total. The van der Waals surface area contributed by atoms with E-state index in [1.807, 2.05) is 62.1 Å². The van der Waals surface area contributed by atoms with Crippen molar-refractivity contribution in [3.05, 3.63) is 89.2 Å². The number of aromatic nitrogens is 3. The number of nitrogens with one attached hydrogen (secondary N) is 2. The van der Waals surface area contributed by atoms with Gasteiger partial charge in [-0.25, -0.2) is 5.43 Å². The van der Waals surface area contributed by atoms with Crippen LogP contribution in [0.3, 0.4) is 0 Å². The molecule has 0 bridgehead atoms. The Morgan fingerprint density at radius 3 is 2.39 bits per heavy atom. The Morgan fingerprint density at radius 1 is 0.927 bits per heavy atom. The number of ether oxygens (including phenoxy) is 1. The predicted octanol–water partition coefficient (Wildman–Crippen LogP) is 9.28. The van der Waals surface area contributed by atoms with Crippen LogP contribution in [0.15, 0.2) is 62.6 Å². The Morgan fingerprint density at radius 2 is 1.68 bits per heavy atom. The number of hydrogen-bond donors (Lipinski definition) is 2. The zero-order valence-electron chi connectivity index (χ0n) is 22.4. The summed E-state index contributed by atoms with van der Waals surface area (Å²) >= 11 is 25.8. The van der Waals surface area contributed by atoms with Crippen LogP contribution in [-0.4, -0.2) is 34.3 Å². The van der Waals surface area contributed by atoms with Gasteiger partial charge in [-0.2, -0.15) is 20.1 Å². The minimum atomic E-state index is 0.239. The number of rotatable bonds is 11. The quantitative estimate of drug-likeness (QED) is 0.117. The van der Waals surface area contributed by atoms with Crippen molar-refractivity contribution in [1.29, 1.82) is 0 Å². The van der Waals surface area contributed by atoms with Gasteiger partial charge in [0.25, 0.3) is 0 Å². The van der Waals surface area contributed by atoms with Gasteiger partial charge in [0, 0.05) is 49.4 Å². The molecule has 0 atom stereocenters. The number of halogens is 5. The Hall–Kier alpha value is -2.63. The molecule has 4 aromatic rings. The average Bonchev–Trinajstić information content (AvgIpc) is 2.92. The van der Waals surface area contributed by atoms with Gasteiger partial charge in [0.2, 0.25) is 17.8 Å². The fourth-order valence-corrected chi connectivity index (χ4v) is 5.71. The lowest BCUT2D eigenvalue weighted by molar-refractivity contribution is 0.304. The topological polar surface area (TPSA) is 87.6 Å². The minimum Gasteiger partial charge on any atom is -0.487 e. The van der Waals surface area contributed by atoms with Crippen LogP contribution in [0.2, 0.25) is 15.1 Å². The molecular weight excluding hydrogens is 717 g/mol. The minimum absolute atomic E-state index is 0.239. The molecule has 1 aromatic heterocycles. The lowest BCUT2D eigenvalue weighted by Gasteiger charge is -2.19. The van der Waals surface area contributed by atoms with Crippen molar-refractivity contribution in [2.24, 2.45) is 5.10 Å². The van der Waals surface area contributed by atoms with Crippen molar-refractivity contribution in [3.63, 3.8) is 0 Å². The first-order valence-electron chi connectivity index (χ1n) is 12.6. The monoisotopic (exact) mass is 739 g/mol. The number of benzene rings is 3. The van der Waals surface area contributed by atoms with Crippen LogP contribution in [0.5, 0.6) is 5.75 Å². The van der Waals surface area contributed by atoms with Crippen LogP contribution in [0.1, 0.15) is 30.5 Å². The zero-order chi connectivity index (χ0) is 29.5. The predicted molar refractivity (Wildman–Crippen MR) is 177 cm³/mol. The highest BCUT2D eigenvalue weighted by atomic mass is 79.9. The van der Waals surface area contributed by atoms with Crippen LogP contribution in [0.4, 0.5) is 23.5 Å². The van der Waals surface area contributed by atoms with Gasteiger partial charge >= 0.3 is 0 Å². The number of hydrogen-bond acceptors (Lipinski definition) is 8. The second kappa shape index (κ2) is 14.5. The molecule has 0 fully saturated rings. The van der Waals surface area contributed by atoms with Gasteiger partial charge in [-0.05, 0) is 78.7 Å². The molecule has 3 aromatic carbocycles. The molecule has 2 N–H and O–H groups in total. The lowest BCUT2D eigenvalue weighted by Crippen LogP contribution is -2.25. The van der Waals surface area contributed by atoms with E-state index in [1.165, 1.54) is 0 Å². The normalized spacial score (nSPS) is 11.1. The highest BCUT2D eigenvalue weighted by Gasteiger charge is 2.14. The van der Waals surface area contributed by atoms with Crippen molar-refractivity contribution in [3.8, 4) is 5.75 Å². The number of aryl methyl sites for hydroxylation is 1. The van der Waals surface area contributed by atoms with Gasteiger partial charge in [0.15, 0.2) is 0 Å². The van der Waals surface area contributed by atoms with Crippen LogP contribution in [0, 0.1) is 6.92 Å². The van der Waals surface area contributed by atoms with E-state index in [0.717, 1.165) is 38.8 Å². The first-order valence-corrected chi connectivity index (χ1v) is 15.3. The summed E-state index contributed by atoms with van der Waals surface area (Å²) in [7, 11) is 0. The van der Waals surface area contributed by atoms with Gasteiger partial charge in [0.05, 0.1) is 10.7 Å². The highest BCUT2D eigenvalue weighted by molar-refractivity contribution is 9.11. The molecule has 0 aliphatic heterocycles. The summed E-state index contributed by atoms with van der Waals surface area (Å²) in [5.74, 6) is 1.72. The first-order chi connectivity index (χ1) is 19.7. The van der Waals surface area contributed by atoms with Gasteiger partial charge in [-0.3, -0.25) is 0 Å². The Labute approximate surface area is 270 Å². The molecular formula is C28H26Br2Cl3N7O. The average molecular weight is 743 g/mol. The van der Waals surface area contributed by atoms with E-state index in [9.17, 15) is 0 Å². The lowest BCUT2D eigenvalue weighted by atomic mass is 10.2. The largest absolute Gasteiger partial charge is 0.487 e. The molecule has 0 saturated heterocycles. The summed E-state index contributed by atoms with van der Waals surface area (Å²) in [5.41, 5.74) is 6.17. The number of anilines is 4. The summed E-state index contributed by atoms with van der Waals surface area (Å²) < 4.78 is 7.72. The van der Waals surface area contributed by atoms with E-state index >= 15 is 0 Å². The molecule has 1 heterocycles.